The van der Waals surface area contributed by atoms with Gasteiger partial charge in [-0.1, -0.05) is 18.9 Å². The Kier molecular flexibility index (Phi) is 4.80. The van der Waals surface area contributed by atoms with Gasteiger partial charge in [0.1, 0.15) is 24.8 Å². The van der Waals surface area contributed by atoms with Gasteiger partial charge in [0.05, 0.1) is 6.04 Å². The summed E-state index contributed by atoms with van der Waals surface area (Å²) in [5, 5.41) is 0. The number of rotatable bonds is 3. The Morgan fingerprint density at radius 3 is 2.63 bits per heavy atom. The third kappa shape index (κ3) is 3.28. The number of hydrogen-bond acceptors (Lipinski definition) is 4. The van der Waals surface area contributed by atoms with Crippen molar-refractivity contribution >= 4 is 5.91 Å². The van der Waals surface area contributed by atoms with Crippen LogP contribution in [0.2, 0.25) is 0 Å². The first kappa shape index (κ1) is 19.2. The van der Waals surface area contributed by atoms with Gasteiger partial charge in [-0.3, -0.25) is 4.79 Å². The van der Waals surface area contributed by atoms with Crippen LogP contribution in [-0.4, -0.2) is 37.2 Å². The molecule has 2 aromatic rings. The van der Waals surface area contributed by atoms with E-state index >= 15 is 0 Å². The highest BCUT2D eigenvalue weighted by Crippen LogP contribution is 2.51. The summed E-state index contributed by atoms with van der Waals surface area (Å²) < 4.78 is 30.7. The van der Waals surface area contributed by atoms with E-state index < -0.39 is 0 Å². The number of fused-ring (bicyclic) bond motifs is 3. The minimum atomic E-state index is -0.378. The molecule has 3 aliphatic rings. The van der Waals surface area contributed by atoms with Crippen molar-refractivity contribution in [3.63, 3.8) is 0 Å². The van der Waals surface area contributed by atoms with Gasteiger partial charge < -0.3 is 19.1 Å². The van der Waals surface area contributed by atoms with Crippen LogP contribution in [0.15, 0.2) is 36.4 Å². The van der Waals surface area contributed by atoms with Crippen molar-refractivity contribution in [2.45, 2.75) is 44.1 Å². The van der Waals surface area contributed by atoms with E-state index in [1.54, 1.807) is 12.1 Å². The molecule has 158 valence electrons. The normalized spacial score (nSPS) is 21.4. The van der Waals surface area contributed by atoms with Gasteiger partial charge in [0.2, 0.25) is 0 Å². The number of carbonyl (C=O) groups excluding carboxylic acids is 1. The molecular weight excluding hydrogens is 385 g/mol. The SMILES string of the molecule is CC1c2cc3c(cc2C2(CCCC2)CN1C(=O)COc1cccc(F)c1)OCCO3. The van der Waals surface area contributed by atoms with Crippen LogP contribution >= 0.6 is 0 Å². The summed E-state index contributed by atoms with van der Waals surface area (Å²) in [6, 6.07) is 10.0. The minimum absolute atomic E-state index is 0.0494. The molecule has 2 aromatic carbocycles. The second kappa shape index (κ2) is 7.49. The average Bonchev–Trinajstić information content (AvgIpc) is 3.23. The molecule has 2 aliphatic heterocycles. The molecule has 0 N–H and O–H groups in total. The molecule has 0 saturated heterocycles. The Balaban J connectivity index is 1.44. The van der Waals surface area contributed by atoms with Crippen LogP contribution in [0.25, 0.3) is 0 Å². The van der Waals surface area contributed by atoms with Crippen molar-refractivity contribution in [3.8, 4) is 17.2 Å². The van der Waals surface area contributed by atoms with E-state index in [4.69, 9.17) is 14.2 Å². The summed E-state index contributed by atoms with van der Waals surface area (Å²) in [5.41, 5.74) is 2.38. The molecule has 1 saturated carbocycles. The van der Waals surface area contributed by atoms with Crippen LogP contribution in [0, 0.1) is 5.82 Å². The zero-order valence-corrected chi connectivity index (χ0v) is 17.2. The Morgan fingerprint density at radius 1 is 1.17 bits per heavy atom. The van der Waals surface area contributed by atoms with Crippen LogP contribution in [0.4, 0.5) is 4.39 Å². The van der Waals surface area contributed by atoms with Gasteiger partial charge in [-0.2, -0.15) is 0 Å². The Bertz CT molecular complexity index is 970. The van der Waals surface area contributed by atoms with Crippen LogP contribution in [0.3, 0.4) is 0 Å². The highest BCUT2D eigenvalue weighted by atomic mass is 19.1. The second-order valence-corrected chi connectivity index (χ2v) is 8.51. The average molecular weight is 411 g/mol. The second-order valence-electron chi connectivity index (χ2n) is 8.51. The van der Waals surface area contributed by atoms with E-state index in [1.165, 1.54) is 17.7 Å². The predicted octanol–water partition coefficient (Wildman–Crippen LogP) is 4.39. The van der Waals surface area contributed by atoms with Crippen molar-refractivity contribution < 1.29 is 23.4 Å². The standard InChI is InChI=1S/C24H26FNO4/c1-16-19-12-21-22(29-10-9-28-21)13-20(19)24(7-2-3-8-24)15-26(16)23(27)14-30-18-6-4-5-17(25)11-18/h4-6,11-13,16H,2-3,7-10,14-15H2,1H3. The Morgan fingerprint density at radius 2 is 1.90 bits per heavy atom. The van der Waals surface area contributed by atoms with Crippen LogP contribution in [0.1, 0.15) is 49.8 Å². The zero-order chi connectivity index (χ0) is 20.7. The number of ether oxygens (including phenoxy) is 3. The fourth-order valence-corrected chi connectivity index (χ4v) is 5.19. The first-order chi connectivity index (χ1) is 14.6. The van der Waals surface area contributed by atoms with E-state index in [-0.39, 0.29) is 29.8 Å². The van der Waals surface area contributed by atoms with Gasteiger partial charge in [-0.25, -0.2) is 4.39 Å². The van der Waals surface area contributed by atoms with Crippen molar-refractivity contribution in [1.29, 1.82) is 0 Å². The molecule has 1 unspecified atom stereocenters. The monoisotopic (exact) mass is 411 g/mol. The molecule has 6 heteroatoms. The molecule has 5 rings (SSSR count). The number of halogens is 1. The van der Waals surface area contributed by atoms with Gasteiger partial charge >= 0.3 is 0 Å². The molecule has 2 heterocycles. The molecule has 30 heavy (non-hydrogen) atoms. The summed E-state index contributed by atoms with van der Waals surface area (Å²) >= 11 is 0. The summed E-state index contributed by atoms with van der Waals surface area (Å²) in [5.74, 6) is 1.47. The lowest BCUT2D eigenvalue weighted by Gasteiger charge is -2.46. The van der Waals surface area contributed by atoms with Crippen LogP contribution in [0.5, 0.6) is 17.2 Å². The minimum Gasteiger partial charge on any atom is -0.486 e. The topological polar surface area (TPSA) is 48.0 Å². The van der Waals surface area contributed by atoms with Gasteiger partial charge in [0.25, 0.3) is 5.91 Å². The molecular formula is C24H26FNO4. The van der Waals surface area contributed by atoms with E-state index in [0.29, 0.717) is 25.5 Å². The summed E-state index contributed by atoms with van der Waals surface area (Å²) in [6.45, 7) is 3.72. The maximum atomic E-state index is 13.4. The maximum Gasteiger partial charge on any atom is 0.261 e. The van der Waals surface area contributed by atoms with Gasteiger partial charge in [0.15, 0.2) is 18.1 Å². The van der Waals surface area contributed by atoms with E-state index in [0.717, 1.165) is 42.7 Å². The smallest absolute Gasteiger partial charge is 0.261 e. The Hall–Kier alpha value is -2.76. The van der Waals surface area contributed by atoms with Crippen molar-refractivity contribution in [3.05, 3.63) is 53.3 Å². The lowest BCUT2D eigenvalue weighted by Crippen LogP contribution is -2.50. The summed E-state index contributed by atoms with van der Waals surface area (Å²) in [7, 11) is 0. The van der Waals surface area contributed by atoms with E-state index in [1.807, 2.05) is 4.90 Å². The first-order valence-electron chi connectivity index (χ1n) is 10.7. The summed E-state index contributed by atoms with van der Waals surface area (Å²) in [6.07, 6.45) is 4.43. The Labute approximate surface area is 175 Å². The van der Waals surface area contributed by atoms with Crippen molar-refractivity contribution in [2.75, 3.05) is 26.4 Å². The lowest BCUT2D eigenvalue weighted by atomic mass is 9.71. The molecule has 1 fully saturated rings. The van der Waals surface area contributed by atoms with Gasteiger partial charge in [-0.15, -0.1) is 0 Å². The third-order valence-electron chi connectivity index (χ3n) is 6.72. The maximum absolute atomic E-state index is 13.4. The molecule has 0 aromatic heterocycles. The molecule has 1 aliphatic carbocycles. The number of hydrogen-bond donors (Lipinski definition) is 0. The number of nitrogens with zero attached hydrogens (tertiary/aromatic N) is 1. The van der Waals surface area contributed by atoms with E-state index in [9.17, 15) is 9.18 Å². The highest BCUT2D eigenvalue weighted by Gasteiger charge is 2.46. The summed E-state index contributed by atoms with van der Waals surface area (Å²) in [4.78, 5) is 15.1. The molecule has 5 nitrogen and oxygen atoms in total. The quantitative estimate of drug-likeness (QED) is 0.752. The van der Waals surface area contributed by atoms with Crippen LogP contribution < -0.4 is 14.2 Å². The predicted molar refractivity (Wildman–Crippen MR) is 110 cm³/mol. The largest absolute Gasteiger partial charge is 0.486 e. The van der Waals surface area contributed by atoms with Crippen molar-refractivity contribution in [2.24, 2.45) is 0 Å². The van der Waals surface area contributed by atoms with Crippen LogP contribution in [-0.2, 0) is 10.2 Å². The fraction of sp³-hybridized carbons (Fsp3) is 0.458. The molecule has 1 atom stereocenters. The molecule has 0 radical (unpaired) electrons. The fourth-order valence-electron chi connectivity index (χ4n) is 5.19. The molecule has 0 bridgehead atoms. The first-order valence-corrected chi connectivity index (χ1v) is 10.7. The highest BCUT2D eigenvalue weighted by molar-refractivity contribution is 5.79. The molecule has 1 spiro atoms. The number of carbonyl (C=O) groups is 1. The lowest BCUT2D eigenvalue weighted by molar-refractivity contribution is -0.137. The molecule has 1 amide bonds. The van der Waals surface area contributed by atoms with Gasteiger partial charge in [0, 0.05) is 18.0 Å². The number of benzene rings is 2. The third-order valence-corrected chi connectivity index (χ3v) is 6.72. The van der Waals surface area contributed by atoms with E-state index in [2.05, 4.69) is 19.1 Å². The number of amides is 1. The van der Waals surface area contributed by atoms with Gasteiger partial charge in [-0.05, 0) is 55.2 Å². The zero-order valence-electron chi connectivity index (χ0n) is 17.2. The van der Waals surface area contributed by atoms with Crippen molar-refractivity contribution in [1.82, 2.24) is 4.90 Å².